The minimum atomic E-state index is -0.507. The van der Waals surface area contributed by atoms with Crippen molar-refractivity contribution in [1.82, 2.24) is 4.90 Å². The molecule has 0 unspecified atom stereocenters. The number of aromatic hydroxyl groups is 1. The predicted octanol–water partition coefficient (Wildman–Crippen LogP) is 6.04. The number of piperidine rings is 1. The molecule has 3 rings (SSSR count). The second-order valence-electron chi connectivity index (χ2n) is 9.06. The SMILES string of the molecule is CC(C)(C)OC(=O)N1CCC(c2ccccc2)(c2cc(CCCBr)ccc2O)CC1. The molecule has 1 heterocycles. The van der Waals surface area contributed by atoms with Crippen LogP contribution >= 0.6 is 15.9 Å². The van der Waals surface area contributed by atoms with Gasteiger partial charge in [0.25, 0.3) is 0 Å². The van der Waals surface area contributed by atoms with E-state index >= 15 is 0 Å². The molecule has 1 aliphatic heterocycles. The monoisotopic (exact) mass is 473 g/mol. The molecule has 4 nitrogen and oxygen atoms in total. The van der Waals surface area contributed by atoms with Crippen LogP contribution in [0.15, 0.2) is 48.5 Å². The van der Waals surface area contributed by atoms with E-state index in [1.54, 1.807) is 4.90 Å². The number of amides is 1. The van der Waals surface area contributed by atoms with Gasteiger partial charge in [-0.25, -0.2) is 4.79 Å². The summed E-state index contributed by atoms with van der Waals surface area (Å²) in [7, 11) is 0. The van der Waals surface area contributed by atoms with E-state index in [4.69, 9.17) is 4.74 Å². The Morgan fingerprint density at radius 3 is 2.40 bits per heavy atom. The Labute approximate surface area is 188 Å². The number of phenols is 1. The molecular weight excluding hydrogens is 442 g/mol. The molecule has 0 bridgehead atoms. The van der Waals surface area contributed by atoms with Gasteiger partial charge in [0.15, 0.2) is 0 Å². The highest BCUT2D eigenvalue weighted by molar-refractivity contribution is 9.09. The number of rotatable bonds is 5. The Morgan fingerprint density at radius 1 is 1.13 bits per heavy atom. The van der Waals surface area contributed by atoms with E-state index in [1.807, 2.05) is 51.1 Å². The van der Waals surface area contributed by atoms with Crippen LogP contribution in [0.1, 0.15) is 56.7 Å². The van der Waals surface area contributed by atoms with Gasteiger partial charge in [0.05, 0.1) is 0 Å². The summed E-state index contributed by atoms with van der Waals surface area (Å²) in [6.07, 6.45) is 3.24. The number of aryl methyl sites for hydroxylation is 1. The average molecular weight is 474 g/mol. The quantitative estimate of drug-likeness (QED) is 0.538. The number of halogens is 1. The van der Waals surface area contributed by atoms with Gasteiger partial charge in [0.1, 0.15) is 11.4 Å². The number of likely N-dealkylation sites (tertiary alicyclic amines) is 1. The van der Waals surface area contributed by atoms with E-state index in [0.717, 1.165) is 36.6 Å². The first-order valence-electron chi connectivity index (χ1n) is 10.7. The van der Waals surface area contributed by atoms with Gasteiger partial charge < -0.3 is 14.7 Å². The summed E-state index contributed by atoms with van der Waals surface area (Å²) in [5.41, 5.74) is 2.54. The normalized spacial score (nSPS) is 16.3. The van der Waals surface area contributed by atoms with E-state index < -0.39 is 5.60 Å². The lowest BCUT2D eigenvalue weighted by Gasteiger charge is -2.43. The minimum absolute atomic E-state index is 0.264. The van der Waals surface area contributed by atoms with Crippen LogP contribution < -0.4 is 0 Å². The molecular formula is C25H32BrNO3. The zero-order valence-electron chi connectivity index (χ0n) is 18.2. The first kappa shape index (κ1) is 22.7. The molecule has 0 spiro atoms. The summed E-state index contributed by atoms with van der Waals surface area (Å²) < 4.78 is 5.58. The predicted molar refractivity (Wildman–Crippen MR) is 124 cm³/mol. The van der Waals surface area contributed by atoms with Crippen molar-refractivity contribution in [2.24, 2.45) is 0 Å². The van der Waals surface area contributed by atoms with E-state index in [2.05, 4.69) is 34.1 Å². The maximum absolute atomic E-state index is 12.6. The summed E-state index contributed by atoms with van der Waals surface area (Å²) in [4.78, 5) is 14.4. The second kappa shape index (κ2) is 9.42. The highest BCUT2D eigenvalue weighted by atomic mass is 79.9. The van der Waals surface area contributed by atoms with Crippen molar-refractivity contribution in [2.75, 3.05) is 18.4 Å². The van der Waals surface area contributed by atoms with E-state index in [1.165, 1.54) is 11.1 Å². The Morgan fingerprint density at radius 2 is 1.80 bits per heavy atom. The van der Waals surface area contributed by atoms with Gasteiger partial charge in [-0.3, -0.25) is 0 Å². The molecule has 0 saturated carbocycles. The van der Waals surface area contributed by atoms with Crippen molar-refractivity contribution in [3.05, 3.63) is 65.2 Å². The van der Waals surface area contributed by atoms with Crippen molar-refractivity contribution in [2.45, 2.75) is 57.5 Å². The van der Waals surface area contributed by atoms with Gasteiger partial charge in [0, 0.05) is 29.4 Å². The zero-order chi connectivity index (χ0) is 21.8. The number of hydrogen-bond donors (Lipinski definition) is 1. The molecule has 0 aromatic heterocycles. The summed E-state index contributed by atoms with van der Waals surface area (Å²) >= 11 is 3.51. The molecule has 0 aliphatic carbocycles. The third kappa shape index (κ3) is 5.18. The van der Waals surface area contributed by atoms with Crippen molar-refractivity contribution in [3.8, 4) is 5.75 Å². The van der Waals surface area contributed by atoms with Crippen LogP contribution in [-0.4, -0.2) is 40.1 Å². The third-order valence-electron chi connectivity index (χ3n) is 5.77. The Hall–Kier alpha value is -2.01. The van der Waals surface area contributed by atoms with E-state index in [0.29, 0.717) is 18.8 Å². The second-order valence-corrected chi connectivity index (χ2v) is 9.85. The number of carbonyl (C=O) groups is 1. The summed E-state index contributed by atoms with van der Waals surface area (Å²) in [5.74, 6) is 0.326. The maximum Gasteiger partial charge on any atom is 0.410 e. The van der Waals surface area contributed by atoms with Crippen molar-refractivity contribution in [3.63, 3.8) is 0 Å². The zero-order valence-corrected chi connectivity index (χ0v) is 19.7. The Kier molecular flexibility index (Phi) is 7.12. The number of benzene rings is 2. The topological polar surface area (TPSA) is 49.8 Å². The lowest BCUT2D eigenvalue weighted by molar-refractivity contribution is 0.0179. The number of carbonyl (C=O) groups excluding carboxylic acids is 1. The molecule has 0 atom stereocenters. The van der Waals surface area contributed by atoms with Crippen LogP contribution in [0.25, 0.3) is 0 Å². The fourth-order valence-corrected chi connectivity index (χ4v) is 4.54. The molecule has 5 heteroatoms. The van der Waals surface area contributed by atoms with Crippen LogP contribution in [0.2, 0.25) is 0 Å². The van der Waals surface area contributed by atoms with E-state index in [-0.39, 0.29) is 11.5 Å². The van der Waals surface area contributed by atoms with Crippen LogP contribution in [0.3, 0.4) is 0 Å². The fraction of sp³-hybridized carbons (Fsp3) is 0.480. The smallest absolute Gasteiger partial charge is 0.410 e. The van der Waals surface area contributed by atoms with Gasteiger partial charge in [-0.1, -0.05) is 58.4 Å². The Balaban J connectivity index is 1.93. The lowest BCUT2D eigenvalue weighted by Crippen LogP contribution is -2.47. The number of phenolic OH excluding ortho intramolecular Hbond substituents is 1. The fourth-order valence-electron chi connectivity index (χ4n) is 4.26. The average Bonchev–Trinajstić information content (AvgIpc) is 2.72. The maximum atomic E-state index is 12.6. The lowest BCUT2D eigenvalue weighted by atomic mass is 9.67. The number of ether oxygens (including phenoxy) is 1. The highest BCUT2D eigenvalue weighted by Gasteiger charge is 2.41. The van der Waals surface area contributed by atoms with Crippen molar-refractivity contribution >= 4 is 22.0 Å². The third-order valence-corrected chi connectivity index (χ3v) is 6.33. The molecule has 1 saturated heterocycles. The van der Waals surface area contributed by atoms with Gasteiger partial charge >= 0.3 is 6.09 Å². The summed E-state index contributed by atoms with van der Waals surface area (Å²) in [6, 6.07) is 16.4. The minimum Gasteiger partial charge on any atom is -0.508 e. The van der Waals surface area contributed by atoms with Crippen LogP contribution in [0.4, 0.5) is 4.79 Å². The molecule has 1 fully saturated rings. The Bertz CT molecular complexity index is 852. The van der Waals surface area contributed by atoms with Crippen LogP contribution in [0, 0.1) is 0 Å². The van der Waals surface area contributed by atoms with Crippen molar-refractivity contribution in [1.29, 1.82) is 0 Å². The molecule has 2 aromatic rings. The van der Waals surface area contributed by atoms with Gasteiger partial charge in [0.2, 0.25) is 0 Å². The molecule has 1 N–H and O–H groups in total. The standard InChI is InChI=1S/C25H32BrNO3/c1-24(2,3)30-23(29)27-16-13-25(14-17-27,20-9-5-4-6-10-20)21-18-19(8-7-15-26)11-12-22(21)28/h4-6,9-12,18,28H,7-8,13-17H2,1-3H3. The summed E-state index contributed by atoms with van der Waals surface area (Å²) in [6.45, 7) is 6.85. The van der Waals surface area contributed by atoms with Crippen LogP contribution in [0.5, 0.6) is 5.75 Å². The van der Waals surface area contributed by atoms with Crippen molar-refractivity contribution < 1.29 is 14.6 Å². The van der Waals surface area contributed by atoms with Gasteiger partial charge in [-0.15, -0.1) is 0 Å². The molecule has 1 aliphatic rings. The highest BCUT2D eigenvalue weighted by Crippen LogP contribution is 2.45. The summed E-state index contributed by atoms with van der Waals surface area (Å²) in [5, 5.41) is 11.8. The van der Waals surface area contributed by atoms with Crippen LogP contribution in [-0.2, 0) is 16.6 Å². The first-order valence-corrected chi connectivity index (χ1v) is 11.8. The van der Waals surface area contributed by atoms with Gasteiger partial charge in [-0.05, 0) is 63.6 Å². The number of hydrogen-bond acceptors (Lipinski definition) is 3. The largest absolute Gasteiger partial charge is 0.508 e. The molecule has 30 heavy (non-hydrogen) atoms. The molecule has 2 aromatic carbocycles. The molecule has 1 amide bonds. The first-order chi connectivity index (χ1) is 14.2. The number of nitrogens with zero attached hydrogens (tertiary/aromatic N) is 1. The van der Waals surface area contributed by atoms with E-state index in [9.17, 15) is 9.90 Å². The number of alkyl halides is 1. The van der Waals surface area contributed by atoms with Gasteiger partial charge in [-0.2, -0.15) is 0 Å². The molecule has 0 radical (unpaired) electrons. The molecule has 162 valence electrons.